The van der Waals surface area contributed by atoms with Crippen molar-refractivity contribution in [1.29, 1.82) is 0 Å². The lowest BCUT2D eigenvalue weighted by molar-refractivity contribution is -0.113. The fraction of sp³-hybridized carbons (Fsp3) is 0.400. The number of furan rings is 1. The van der Waals surface area contributed by atoms with Gasteiger partial charge in [0.2, 0.25) is 11.8 Å². The topological polar surface area (TPSA) is 111 Å². The number of aromatic nitrogens is 2. The van der Waals surface area contributed by atoms with Crippen LogP contribution >= 0.6 is 23.1 Å². The molecule has 8 nitrogen and oxygen atoms in total. The van der Waals surface area contributed by atoms with Crippen molar-refractivity contribution in [3.05, 3.63) is 21.9 Å². The maximum atomic E-state index is 12.2. The van der Waals surface area contributed by atoms with Gasteiger partial charge in [-0.05, 0) is 27.7 Å². The molecule has 0 aliphatic heterocycles. The minimum atomic E-state index is -0.716. The predicted octanol–water partition coefficient (Wildman–Crippen LogP) is 2.86. The zero-order valence-electron chi connectivity index (χ0n) is 14.2. The van der Waals surface area contributed by atoms with Gasteiger partial charge in [-0.1, -0.05) is 23.1 Å². The Kier molecular flexibility index (Phi) is 6.32. The van der Waals surface area contributed by atoms with E-state index >= 15 is 0 Å². The minimum absolute atomic E-state index is 0.0584. The monoisotopic (exact) mass is 383 g/mol. The summed E-state index contributed by atoms with van der Waals surface area (Å²) < 4.78 is 11.0. The molecule has 0 atom stereocenters. The Morgan fingerprint density at radius 2 is 1.96 bits per heavy atom. The maximum Gasteiger partial charge on any atom is 0.344 e. The lowest BCUT2D eigenvalue weighted by Gasteiger charge is -2.05. The minimum Gasteiger partial charge on any atom is -0.462 e. The number of rotatable bonds is 7. The SMILES string of the molecule is CCOC(=O)c1c(NC(=O)CSc2nnc(C)s2)oc(C)c1C(C)=O. The molecule has 0 saturated heterocycles. The Labute approximate surface area is 152 Å². The van der Waals surface area contributed by atoms with Crippen molar-refractivity contribution in [3.8, 4) is 0 Å². The summed E-state index contributed by atoms with van der Waals surface area (Å²) in [6, 6.07) is 0. The van der Waals surface area contributed by atoms with Crippen LogP contribution in [0.1, 0.15) is 45.3 Å². The molecule has 0 bridgehead atoms. The Balaban J connectivity index is 2.17. The van der Waals surface area contributed by atoms with E-state index in [-0.39, 0.29) is 40.9 Å². The Morgan fingerprint density at radius 1 is 1.24 bits per heavy atom. The summed E-state index contributed by atoms with van der Waals surface area (Å²) in [7, 11) is 0. The van der Waals surface area contributed by atoms with Crippen LogP contribution < -0.4 is 5.32 Å². The number of esters is 1. The van der Waals surface area contributed by atoms with Gasteiger partial charge in [0, 0.05) is 0 Å². The molecule has 0 aliphatic rings. The number of Topliss-reactive ketones (excluding diaryl/α,β-unsaturated/α-hetero) is 1. The van der Waals surface area contributed by atoms with Gasteiger partial charge in [0.05, 0.1) is 17.9 Å². The second-order valence-electron chi connectivity index (χ2n) is 4.94. The first-order valence-electron chi connectivity index (χ1n) is 7.37. The molecule has 0 spiro atoms. The highest BCUT2D eigenvalue weighted by Gasteiger charge is 2.28. The van der Waals surface area contributed by atoms with E-state index in [1.165, 1.54) is 30.0 Å². The van der Waals surface area contributed by atoms with E-state index in [1.54, 1.807) is 13.8 Å². The highest BCUT2D eigenvalue weighted by atomic mass is 32.2. The molecule has 1 N–H and O–H groups in total. The average molecular weight is 383 g/mol. The number of carbonyl (C=O) groups is 3. The van der Waals surface area contributed by atoms with Crippen molar-refractivity contribution in [2.45, 2.75) is 32.0 Å². The van der Waals surface area contributed by atoms with Crippen LogP contribution in [0.25, 0.3) is 0 Å². The highest BCUT2D eigenvalue weighted by Crippen LogP contribution is 2.29. The molecule has 0 unspecified atom stereocenters. The van der Waals surface area contributed by atoms with Crippen molar-refractivity contribution in [2.75, 3.05) is 17.7 Å². The van der Waals surface area contributed by atoms with E-state index in [9.17, 15) is 14.4 Å². The number of hydrogen-bond donors (Lipinski definition) is 1. The average Bonchev–Trinajstić information content (AvgIpc) is 3.08. The maximum absolute atomic E-state index is 12.2. The molecule has 0 fully saturated rings. The van der Waals surface area contributed by atoms with Gasteiger partial charge in [0.25, 0.3) is 0 Å². The van der Waals surface area contributed by atoms with Gasteiger partial charge in [-0.2, -0.15) is 0 Å². The largest absolute Gasteiger partial charge is 0.462 e. The zero-order chi connectivity index (χ0) is 18.6. The molecule has 2 rings (SSSR count). The molecule has 10 heteroatoms. The lowest BCUT2D eigenvalue weighted by Crippen LogP contribution is -2.17. The van der Waals surface area contributed by atoms with Crippen molar-refractivity contribution >= 4 is 46.6 Å². The highest BCUT2D eigenvalue weighted by molar-refractivity contribution is 8.01. The van der Waals surface area contributed by atoms with Crippen LogP contribution in [-0.4, -0.2) is 40.2 Å². The summed E-state index contributed by atoms with van der Waals surface area (Å²) in [5, 5.41) is 11.1. The fourth-order valence-electron chi connectivity index (χ4n) is 2.08. The number of nitrogens with one attached hydrogen (secondary N) is 1. The number of ketones is 1. The molecular weight excluding hydrogens is 366 g/mol. The first-order valence-corrected chi connectivity index (χ1v) is 9.17. The van der Waals surface area contributed by atoms with Crippen molar-refractivity contribution in [1.82, 2.24) is 10.2 Å². The van der Waals surface area contributed by atoms with Crippen LogP contribution in [0.3, 0.4) is 0 Å². The molecular formula is C15H17N3O5S2. The smallest absolute Gasteiger partial charge is 0.344 e. The van der Waals surface area contributed by atoms with Gasteiger partial charge >= 0.3 is 5.97 Å². The summed E-state index contributed by atoms with van der Waals surface area (Å²) in [6.07, 6.45) is 0. The van der Waals surface area contributed by atoms with E-state index in [0.717, 1.165) is 5.01 Å². The third-order valence-corrected chi connectivity index (χ3v) is 4.98. The summed E-state index contributed by atoms with van der Waals surface area (Å²) >= 11 is 2.60. The number of anilines is 1. The van der Waals surface area contributed by atoms with Crippen molar-refractivity contribution in [3.63, 3.8) is 0 Å². The van der Waals surface area contributed by atoms with Crippen LogP contribution in [0, 0.1) is 13.8 Å². The molecule has 1 amide bonds. The molecule has 2 aromatic heterocycles. The number of aryl methyl sites for hydroxylation is 2. The second-order valence-corrected chi connectivity index (χ2v) is 7.34. The zero-order valence-corrected chi connectivity index (χ0v) is 15.8. The summed E-state index contributed by atoms with van der Waals surface area (Å²) in [5.74, 6) is -1.23. The molecule has 0 aromatic carbocycles. The van der Waals surface area contributed by atoms with E-state index < -0.39 is 11.9 Å². The number of ether oxygens (including phenoxy) is 1. The number of nitrogens with zero attached hydrogens (tertiary/aromatic N) is 2. The normalized spacial score (nSPS) is 10.6. The van der Waals surface area contributed by atoms with Gasteiger partial charge in [-0.15, -0.1) is 10.2 Å². The Morgan fingerprint density at radius 3 is 2.52 bits per heavy atom. The van der Waals surface area contributed by atoms with Gasteiger partial charge in [0.15, 0.2) is 10.1 Å². The fourth-order valence-corrected chi connectivity index (χ4v) is 3.70. The van der Waals surface area contributed by atoms with Gasteiger partial charge < -0.3 is 9.15 Å². The van der Waals surface area contributed by atoms with Crippen LogP contribution in [-0.2, 0) is 9.53 Å². The second kappa shape index (κ2) is 8.26. The molecule has 0 aliphatic carbocycles. The number of thioether (sulfide) groups is 1. The molecule has 0 saturated carbocycles. The van der Waals surface area contributed by atoms with Crippen molar-refractivity contribution in [2.24, 2.45) is 0 Å². The van der Waals surface area contributed by atoms with E-state index in [0.29, 0.717) is 4.34 Å². The van der Waals surface area contributed by atoms with Crippen molar-refractivity contribution < 1.29 is 23.5 Å². The van der Waals surface area contributed by atoms with E-state index in [4.69, 9.17) is 9.15 Å². The molecule has 2 aromatic rings. The standard InChI is InChI=1S/C15H17N3O5S2/c1-5-22-14(21)12-11(7(2)19)8(3)23-13(12)16-10(20)6-24-15-18-17-9(4)25-15/h5-6H2,1-4H3,(H,16,20). The van der Waals surface area contributed by atoms with E-state index in [1.807, 2.05) is 6.92 Å². The number of hydrogen-bond acceptors (Lipinski definition) is 9. The first kappa shape index (κ1) is 19.1. The van der Waals surface area contributed by atoms with Crippen LogP contribution in [0.2, 0.25) is 0 Å². The molecule has 134 valence electrons. The van der Waals surface area contributed by atoms with Crippen LogP contribution in [0.15, 0.2) is 8.76 Å². The van der Waals surface area contributed by atoms with Crippen LogP contribution in [0.4, 0.5) is 5.88 Å². The summed E-state index contributed by atoms with van der Waals surface area (Å²) in [5.41, 5.74) is 0.0538. The lowest BCUT2D eigenvalue weighted by atomic mass is 10.1. The number of carbonyl (C=O) groups excluding carboxylic acids is 3. The third kappa shape index (κ3) is 4.67. The predicted molar refractivity (Wildman–Crippen MR) is 93.4 cm³/mol. The molecule has 0 radical (unpaired) electrons. The van der Waals surface area contributed by atoms with Gasteiger partial charge in [-0.25, -0.2) is 4.79 Å². The Bertz CT molecular complexity index is 812. The van der Waals surface area contributed by atoms with Gasteiger partial charge in [-0.3, -0.25) is 14.9 Å². The first-order chi connectivity index (χ1) is 11.8. The molecule has 2 heterocycles. The summed E-state index contributed by atoms with van der Waals surface area (Å²) in [4.78, 5) is 36.1. The quantitative estimate of drug-likeness (QED) is 0.441. The number of amides is 1. The van der Waals surface area contributed by atoms with Gasteiger partial charge in [0.1, 0.15) is 16.3 Å². The third-order valence-electron chi connectivity index (χ3n) is 3.00. The molecule has 25 heavy (non-hydrogen) atoms. The Hall–Kier alpha value is -2.20. The summed E-state index contributed by atoms with van der Waals surface area (Å²) in [6.45, 7) is 6.48. The van der Waals surface area contributed by atoms with E-state index in [2.05, 4.69) is 15.5 Å². The van der Waals surface area contributed by atoms with Crippen LogP contribution in [0.5, 0.6) is 0 Å².